The second kappa shape index (κ2) is 8.47. The summed E-state index contributed by atoms with van der Waals surface area (Å²) in [5.41, 5.74) is -0.504. The quantitative estimate of drug-likeness (QED) is 0.610. The average Bonchev–Trinajstić information content (AvgIpc) is 3.23. The van der Waals surface area contributed by atoms with Gasteiger partial charge in [-0.05, 0) is 42.0 Å². The van der Waals surface area contributed by atoms with Crippen molar-refractivity contribution < 1.29 is 27.2 Å². The number of anilines is 1. The van der Waals surface area contributed by atoms with Crippen molar-refractivity contribution in [1.82, 2.24) is 5.32 Å². The van der Waals surface area contributed by atoms with E-state index in [4.69, 9.17) is 4.42 Å². The largest absolute Gasteiger partial charge is 0.459 e. The zero-order valence-electron chi connectivity index (χ0n) is 14.9. The molecule has 0 fully saturated rings. The first-order valence-electron chi connectivity index (χ1n) is 8.43. The molecule has 2 amide bonds. The molecule has 2 N–H and O–H groups in total. The molecule has 0 saturated carbocycles. The van der Waals surface area contributed by atoms with Gasteiger partial charge in [-0.2, -0.15) is 13.2 Å². The zero-order chi connectivity index (χ0) is 20.9. The topological polar surface area (TPSA) is 71.3 Å². The van der Waals surface area contributed by atoms with Gasteiger partial charge >= 0.3 is 6.18 Å². The van der Waals surface area contributed by atoms with Gasteiger partial charge in [0, 0.05) is 5.69 Å². The van der Waals surface area contributed by atoms with Crippen LogP contribution in [0.4, 0.5) is 18.9 Å². The van der Waals surface area contributed by atoms with E-state index in [-0.39, 0.29) is 17.1 Å². The van der Waals surface area contributed by atoms with Crippen LogP contribution >= 0.6 is 0 Å². The number of furan rings is 1. The normalized spacial score (nSPS) is 11.8. The van der Waals surface area contributed by atoms with E-state index in [1.807, 2.05) is 0 Å². The van der Waals surface area contributed by atoms with Crippen molar-refractivity contribution >= 4 is 23.6 Å². The molecule has 0 atom stereocenters. The third-order valence-electron chi connectivity index (χ3n) is 3.80. The predicted molar refractivity (Wildman–Crippen MR) is 101 cm³/mol. The van der Waals surface area contributed by atoms with Crippen molar-refractivity contribution in [2.24, 2.45) is 0 Å². The Morgan fingerprint density at radius 2 is 1.69 bits per heavy atom. The summed E-state index contributed by atoms with van der Waals surface area (Å²) in [5.74, 6) is -1.47. The first kappa shape index (κ1) is 19.9. The molecule has 0 aliphatic heterocycles. The number of benzene rings is 2. The minimum Gasteiger partial charge on any atom is -0.459 e. The summed E-state index contributed by atoms with van der Waals surface area (Å²) >= 11 is 0. The maximum atomic E-state index is 12.9. The Labute approximate surface area is 163 Å². The van der Waals surface area contributed by atoms with Crippen LogP contribution in [-0.4, -0.2) is 11.8 Å². The predicted octanol–water partition coefficient (Wildman–Crippen LogP) is 4.71. The summed E-state index contributed by atoms with van der Waals surface area (Å²) in [6.07, 6.45) is -1.83. The van der Waals surface area contributed by atoms with Crippen LogP contribution in [0.15, 0.2) is 83.1 Å². The summed E-state index contributed by atoms with van der Waals surface area (Å²) in [6, 6.07) is 15.8. The van der Waals surface area contributed by atoms with E-state index in [1.54, 1.807) is 30.3 Å². The minimum atomic E-state index is -4.54. The number of halogens is 3. The van der Waals surface area contributed by atoms with Gasteiger partial charge in [0.05, 0.1) is 11.8 Å². The van der Waals surface area contributed by atoms with Crippen molar-refractivity contribution in [2.45, 2.75) is 6.18 Å². The number of carbonyl (C=O) groups excluding carboxylic acids is 2. The van der Waals surface area contributed by atoms with Crippen LogP contribution in [0.25, 0.3) is 6.08 Å². The van der Waals surface area contributed by atoms with Crippen molar-refractivity contribution in [3.05, 3.63) is 95.6 Å². The van der Waals surface area contributed by atoms with E-state index in [2.05, 4.69) is 10.6 Å². The number of alkyl halides is 3. The summed E-state index contributed by atoms with van der Waals surface area (Å²) in [5, 5.41) is 4.80. The molecule has 0 spiro atoms. The molecule has 148 valence electrons. The van der Waals surface area contributed by atoms with Gasteiger partial charge in [-0.15, -0.1) is 0 Å². The monoisotopic (exact) mass is 400 g/mol. The van der Waals surface area contributed by atoms with Gasteiger partial charge in [-0.25, -0.2) is 0 Å². The number of hydrogen-bond acceptors (Lipinski definition) is 3. The van der Waals surface area contributed by atoms with Crippen molar-refractivity contribution in [3.63, 3.8) is 0 Å². The van der Waals surface area contributed by atoms with Crippen molar-refractivity contribution in [1.29, 1.82) is 0 Å². The van der Waals surface area contributed by atoms with E-state index in [1.165, 1.54) is 36.6 Å². The molecule has 29 heavy (non-hydrogen) atoms. The van der Waals surface area contributed by atoms with Crippen LogP contribution in [0.5, 0.6) is 0 Å². The number of rotatable bonds is 5. The highest BCUT2D eigenvalue weighted by Crippen LogP contribution is 2.30. The van der Waals surface area contributed by atoms with Crippen LogP contribution in [-0.2, 0) is 11.0 Å². The highest BCUT2D eigenvalue weighted by atomic mass is 19.4. The number of nitrogens with one attached hydrogen (secondary N) is 2. The lowest BCUT2D eigenvalue weighted by atomic mass is 10.1. The molecular weight excluding hydrogens is 385 g/mol. The van der Waals surface area contributed by atoms with Crippen LogP contribution in [0.3, 0.4) is 0 Å². The van der Waals surface area contributed by atoms with Gasteiger partial charge in [0.2, 0.25) is 0 Å². The number of amides is 2. The van der Waals surface area contributed by atoms with Gasteiger partial charge in [-0.1, -0.05) is 36.4 Å². The first-order chi connectivity index (χ1) is 13.8. The van der Waals surface area contributed by atoms with E-state index >= 15 is 0 Å². The molecule has 0 radical (unpaired) electrons. The molecule has 0 aliphatic carbocycles. The molecule has 0 unspecified atom stereocenters. The summed E-state index contributed by atoms with van der Waals surface area (Å²) < 4.78 is 43.7. The van der Waals surface area contributed by atoms with E-state index < -0.39 is 23.6 Å². The fraction of sp³-hybridized carbons (Fsp3) is 0.0476. The van der Waals surface area contributed by atoms with Crippen LogP contribution in [0.2, 0.25) is 0 Å². The summed E-state index contributed by atoms with van der Waals surface area (Å²) in [7, 11) is 0. The highest BCUT2D eigenvalue weighted by molar-refractivity contribution is 6.10. The Kier molecular flexibility index (Phi) is 5.82. The van der Waals surface area contributed by atoms with Gasteiger partial charge in [0.25, 0.3) is 11.8 Å². The number of hydrogen-bond donors (Lipinski definition) is 2. The van der Waals surface area contributed by atoms with Crippen LogP contribution < -0.4 is 10.6 Å². The van der Waals surface area contributed by atoms with Gasteiger partial charge in [0.15, 0.2) is 5.76 Å². The molecular formula is C21H15F3N2O3. The average molecular weight is 400 g/mol. The Balaban J connectivity index is 1.86. The van der Waals surface area contributed by atoms with Crippen molar-refractivity contribution in [3.8, 4) is 0 Å². The summed E-state index contributed by atoms with van der Waals surface area (Å²) in [6.45, 7) is 0. The van der Waals surface area contributed by atoms with Gasteiger partial charge in [0.1, 0.15) is 5.70 Å². The van der Waals surface area contributed by atoms with Gasteiger partial charge < -0.3 is 15.1 Å². The second-order valence-electron chi connectivity index (χ2n) is 5.93. The Bertz CT molecular complexity index is 1030. The van der Waals surface area contributed by atoms with Crippen LogP contribution in [0, 0.1) is 0 Å². The minimum absolute atomic E-state index is 0.0177. The lowest BCUT2D eigenvalue weighted by molar-refractivity contribution is -0.137. The fourth-order valence-corrected chi connectivity index (χ4v) is 2.44. The lowest BCUT2D eigenvalue weighted by Gasteiger charge is -2.12. The molecule has 1 aromatic heterocycles. The molecule has 5 nitrogen and oxygen atoms in total. The van der Waals surface area contributed by atoms with Crippen LogP contribution in [0.1, 0.15) is 21.7 Å². The molecule has 1 heterocycles. The SMILES string of the molecule is O=C(Nc1cccc(C(F)(F)F)c1)C(=Cc1ccccc1)NC(=O)c1ccco1. The smallest absolute Gasteiger partial charge is 0.416 e. The zero-order valence-corrected chi connectivity index (χ0v) is 14.9. The molecule has 0 aliphatic rings. The Morgan fingerprint density at radius 3 is 2.34 bits per heavy atom. The fourth-order valence-electron chi connectivity index (χ4n) is 2.44. The van der Waals surface area contributed by atoms with E-state index in [0.29, 0.717) is 5.56 Å². The Hall–Kier alpha value is -3.81. The lowest BCUT2D eigenvalue weighted by Crippen LogP contribution is -2.30. The maximum Gasteiger partial charge on any atom is 0.416 e. The maximum absolute atomic E-state index is 12.9. The standard InChI is InChI=1S/C21H15F3N2O3/c22-21(23,24)15-8-4-9-16(13-15)25-19(27)17(12-14-6-2-1-3-7-14)26-20(28)18-10-5-11-29-18/h1-13H,(H,25,27)(H,26,28). The first-order valence-corrected chi connectivity index (χ1v) is 8.43. The molecule has 8 heteroatoms. The molecule has 3 rings (SSSR count). The second-order valence-corrected chi connectivity index (χ2v) is 5.93. The highest BCUT2D eigenvalue weighted by Gasteiger charge is 2.30. The molecule has 3 aromatic rings. The molecule has 2 aromatic carbocycles. The molecule has 0 saturated heterocycles. The van der Waals surface area contributed by atoms with Gasteiger partial charge in [-0.3, -0.25) is 9.59 Å². The van der Waals surface area contributed by atoms with E-state index in [9.17, 15) is 22.8 Å². The Morgan fingerprint density at radius 1 is 0.931 bits per heavy atom. The molecule has 0 bridgehead atoms. The third kappa shape index (κ3) is 5.35. The van der Waals surface area contributed by atoms with Crippen molar-refractivity contribution in [2.75, 3.05) is 5.32 Å². The third-order valence-corrected chi connectivity index (χ3v) is 3.80. The summed E-state index contributed by atoms with van der Waals surface area (Å²) in [4.78, 5) is 25.0. The van der Waals surface area contributed by atoms with E-state index in [0.717, 1.165) is 12.1 Å². The number of carbonyl (C=O) groups is 2.